The molecule has 2 saturated carbocycles. The van der Waals surface area contributed by atoms with E-state index in [9.17, 15) is 25.0 Å². The summed E-state index contributed by atoms with van der Waals surface area (Å²) < 4.78 is 0. The van der Waals surface area contributed by atoms with Crippen molar-refractivity contribution < 1.29 is 14.6 Å². The molecule has 0 aromatic heterocycles. The third kappa shape index (κ3) is 4.76. The Bertz CT molecular complexity index is 755. The van der Waals surface area contributed by atoms with Gasteiger partial charge in [0, 0.05) is 18.2 Å². The molecule has 3 rings (SSSR count). The molecule has 28 heavy (non-hydrogen) atoms. The first-order valence-electron chi connectivity index (χ1n) is 10.00. The van der Waals surface area contributed by atoms with E-state index in [0.717, 1.165) is 76.3 Å². The van der Waals surface area contributed by atoms with E-state index >= 15 is 0 Å². The van der Waals surface area contributed by atoms with Crippen molar-refractivity contribution in [2.24, 2.45) is 0 Å². The summed E-state index contributed by atoms with van der Waals surface area (Å²) in [6, 6.07) is 2.11. The largest absolute Gasteiger partial charge is 0.376 e. The highest BCUT2D eigenvalue weighted by Crippen LogP contribution is 2.36. The summed E-state index contributed by atoms with van der Waals surface area (Å²) in [7, 11) is 0. The molecule has 0 radical (unpaired) electrons. The molecule has 0 spiro atoms. The van der Waals surface area contributed by atoms with Crippen LogP contribution in [0.2, 0.25) is 0 Å². The fourth-order valence-corrected chi connectivity index (χ4v) is 4.15. The number of hydrogen-bond acceptors (Lipinski definition) is 6. The van der Waals surface area contributed by atoms with Gasteiger partial charge in [-0.15, -0.1) is 0 Å². The molecule has 1 aromatic carbocycles. The Hall–Kier alpha value is -2.71. The van der Waals surface area contributed by atoms with Crippen LogP contribution in [0.1, 0.15) is 74.6 Å². The van der Waals surface area contributed by atoms with Crippen LogP contribution in [0, 0.1) is 20.2 Å². The van der Waals surface area contributed by atoms with E-state index in [1.807, 2.05) is 0 Å². The van der Waals surface area contributed by atoms with Crippen molar-refractivity contribution in [3.8, 4) is 0 Å². The fraction of sp³-hybridized carbons (Fsp3) is 0.632. The van der Waals surface area contributed by atoms with Crippen LogP contribution >= 0.6 is 0 Å². The Kier molecular flexibility index (Phi) is 6.43. The van der Waals surface area contributed by atoms with Crippen LogP contribution < -0.4 is 10.6 Å². The number of anilines is 1. The van der Waals surface area contributed by atoms with Crippen molar-refractivity contribution in [2.45, 2.75) is 76.3 Å². The van der Waals surface area contributed by atoms with E-state index < -0.39 is 27.1 Å². The number of carbonyl (C=O) groups excluding carboxylic acids is 1. The number of rotatable bonds is 6. The second kappa shape index (κ2) is 8.99. The Labute approximate surface area is 163 Å². The summed E-state index contributed by atoms with van der Waals surface area (Å²) in [5.41, 5.74) is -0.795. The van der Waals surface area contributed by atoms with Gasteiger partial charge in [0.25, 0.3) is 17.3 Å². The molecule has 2 N–H and O–H groups in total. The molecule has 2 aliphatic rings. The molecular weight excluding hydrogens is 364 g/mol. The van der Waals surface area contributed by atoms with E-state index in [1.54, 1.807) is 0 Å². The van der Waals surface area contributed by atoms with E-state index in [2.05, 4.69) is 10.6 Å². The van der Waals surface area contributed by atoms with E-state index in [0.29, 0.717) is 0 Å². The monoisotopic (exact) mass is 390 g/mol. The number of nitro groups is 2. The molecule has 0 atom stereocenters. The highest BCUT2D eigenvalue weighted by Gasteiger charge is 2.30. The molecule has 2 fully saturated rings. The summed E-state index contributed by atoms with van der Waals surface area (Å²) in [6.07, 6.45) is 9.75. The van der Waals surface area contributed by atoms with E-state index in [1.165, 1.54) is 0 Å². The summed E-state index contributed by atoms with van der Waals surface area (Å²) >= 11 is 0. The zero-order valence-electron chi connectivity index (χ0n) is 15.8. The summed E-state index contributed by atoms with van der Waals surface area (Å²) in [4.78, 5) is 34.5. The second-order valence-corrected chi connectivity index (χ2v) is 7.69. The molecule has 9 nitrogen and oxygen atoms in total. The molecule has 1 aromatic rings. The minimum Gasteiger partial charge on any atom is -0.376 e. The number of nitrogens with zero attached hydrogens (tertiary/aromatic N) is 2. The number of carbonyl (C=O) groups is 1. The highest BCUT2D eigenvalue weighted by atomic mass is 16.6. The molecule has 0 heterocycles. The van der Waals surface area contributed by atoms with Crippen LogP contribution in [0.25, 0.3) is 0 Å². The minimum absolute atomic E-state index is 0.00194. The van der Waals surface area contributed by atoms with Gasteiger partial charge in [0.05, 0.1) is 21.5 Å². The Balaban J connectivity index is 1.96. The molecule has 0 aliphatic heterocycles. The third-order valence-corrected chi connectivity index (χ3v) is 5.65. The molecule has 2 aliphatic carbocycles. The van der Waals surface area contributed by atoms with Crippen molar-refractivity contribution in [1.82, 2.24) is 5.32 Å². The Morgan fingerprint density at radius 2 is 1.43 bits per heavy atom. The second-order valence-electron chi connectivity index (χ2n) is 7.69. The van der Waals surface area contributed by atoms with Crippen LogP contribution in [0.5, 0.6) is 0 Å². The number of benzene rings is 1. The molecule has 1 amide bonds. The van der Waals surface area contributed by atoms with Crippen LogP contribution in [0.15, 0.2) is 12.1 Å². The standard InChI is InChI=1S/C19H26N4O5/c24-19(21-14-9-5-2-6-10-14)16-11-15(22(25)26)12-17(23(27)28)18(16)20-13-7-3-1-4-8-13/h11-14,20H,1-10H2,(H,21,24). The molecule has 0 saturated heterocycles. The zero-order valence-corrected chi connectivity index (χ0v) is 15.8. The van der Waals surface area contributed by atoms with Crippen molar-refractivity contribution in [2.75, 3.05) is 5.32 Å². The number of hydrogen-bond donors (Lipinski definition) is 2. The van der Waals surface area contributed by atoms with Gasteiger partial charge in [-0.1, -0.05) is 38.5 Å². The van der Waals surface area contributed by atoms with Gasteiger partial charge < -0.3 is 10.6 Å². The quantitative estimate of drug-likeness (QED) is 0.550. The Morgan fingerprint density at radius 3 is 1.96 bits per heavy atom. The van der Waals surface area contributed by atoms with Crippen LogP contribution in [0.4, 0.5) is 17.1 Å². The van der Waals surface area contributed by atoms with Crippen LogP contribution in [-0.2, 0) is 0 Å². The lowest BCUT2D eigenvalue weighted by Crippen LogP contribution is -2.37. The van der Waals surface area contributed by atoms with Crippen molar-refractivity contribution in [3.63, 3.8) is 0 Å². The van der Waals surface area contributed by atoms with Gasteiger partial charge in [0.1, 0.15) is 5.69 Å². The number of nitrogens with one attached hydrogen (secondary N) is 2. The van der Waals surface area contributed by atoms with E-state index in [-0.39, 0.29) is 23.3 Å². The maximum atomic E-state index is 12.9. The first-order valence-corrected chi connectivity index (χ1v) is 10.00. The predicted molar refractivity (Wildman–Crippen MR) is 105 cm³/mol. The smallest absolute Gasteiger partial charge is 0.300 e. The lowest BCUT2D eigenvalue weighted by molar-refractivity contribution is -0.393. The van der Waals surface area contributed by atoms with Gasteiger partial charge in [0.15, 0.2) is 0 Å². The van der Waals surface area contributed by atoms with Gasteiger partial charge in [0.2, 0.25) is 0 Å². The first kappa shape index (κ1) is 20.0. The summed E-state index contributed by atoms with van der Waals surface area (Å²) in [6.45, 7) is 0. The highest BCUT2D eigenvalue weighted by molar-refractivity contribution is 6.02. The molecule has 0 unspecified atom stereocenters. The van der Waals surface area contributed by atoms with Gasteiger partial charge in [-0.3, -0.25) is 25.0 Å². The van der Waals surface area contributed by atoms with Gasteiger partial charge in [-0.25, -0.2) is 0 Å². The van der Waals surface area contributed by atoms with Gasteiger partial charge in [-0.05, 0) is 25.7 Å². The normalized spacial score (nSPS) is 18.4. The van der Waals surface area contributed by atoms with Crippen molar-refractivity contribution in [3.05, 3.63) is 37.9 Å². The lowest BCUT2D eigenvalue weighted by Gasteiger charge is -2.26. The SMILES string of the molecule is O=C(NC1CCCCC1)c1cc([N+](=O)[O-])cc([N+](=O)[O-])c1NC1CCCCC1. The molecule has 9 heteroatoms. The molecule has 152 valence electrons. The third-order valence-electron chi connectivity index (χ3n) is 5.65. The molecular formula is C19H26N4O5. The number of nitro benzene ring substituents is 2. The molecule has 0 bridgehead atoms. The summed E-state index contributed by atoms with van der Waals surface area (Å²) in [5, 5.41) is 29.0. The number of amides is 1. The first-order chi connectivity index (χ1) is 13.5. The predicted octanol–water partition coefficient (Wildman–Crippen LogP) is 4.31. The average Bonchev–Trinajstić information content (AvgIpc) is 2.69. The lowest BCUT2D eigenvalue weighted by atomic mass is 9.94. The zero-order chi connectivity index (χ0) is 20.1. The average molecular weight is 390 g/mol. The Morgan fingerprint density at radius 1 is 0.857 bits per heavy atom. The van der Waals surface area contributed by atoms with Gasteiger partial charge in [-0.2, -0.15) is 0 Å². The van der Waals surface area contributed by atoms with Crippen LogP contribution in [-0.4, -0.2) is 27.8 Å². The maximum Gasteiger partial charge on any atom is 0.300 e. The van der Waals surface area contributed by atoms with Gasteiger partial charge >= 0.3 is 0 Å². The maximum absolute atomic E-state index is 12.9. The summed E-state index contributed by atoms with van der Waals surface area (Å²) in [5.74, 6) is -0.489. The van der Waals surface area contributed by atoms with Crippen molar-refractivity contribution >= 4 is 23.0 Å². The topological polar surface area (TPSA) is 127 Å². The fourth-order valence-electron chi connectivity index (χ4n) is 4.15. The van der Waals surface area contributed by atoms with E-state index in [4.69, 9.17) is 0 Å². The van der Waals surface area contributed by atoms with Crippen molar-refractivity contribution in [1.29, 1.82) is 0 Å². The minimum atomic E-state index is -0.700. The number of non-ortho nitro benzene ring substituents is 1. The van der Waals surface area contributed by atoms with Crippen LogP contribution in [0.3, 0.4) is 0 Å².